The predicted molar refractivity (Wildman–Crippen MR) is 55.2 cm³/mol. The van der Waals surface area contributed by atoms with Crippen molar-refractivity contribution in [2.24, 2.45) is 5.10 Å². The molecule has 12 heavy (non-hydrogen) atoms. The minimum absolute atomic E-state index is 0.0502. The van der Waals surface area contributed by atoms with Crippen LogP contribution in [0.15, 0.2) is 17.3 Å². The van der Waals surface area contributed by atoms with Gasteiger partial charge in [0.25, 0.3) is 5.91 Å². The van der Waals surface area contributed by atoms with Crippen molar-refractivity contribution in [2.45, 2.75) is 6.92 Å². The molecule has 0 spiro atoms. The van der Waals surface area contributed by atoms with Crippen LogP contribution < -0.4 is 0 Å². The molecule has 0 aliphatic carbocycles. The van der Waals surface area contributed by atoms with Crippen LogP contribution in [0, 0.1) is 0 Å². The van der Waals surface area contributed by atoms with Gasteiger partial charge in [-0.2, -0.15) is 10.1 Å². The van der Waals surface area contributed by atoms with Crippen LogP contribution in [0.3, 0.4) is 0 Å². The van der Waals surface area contributed by atoms with E-state index in [4.69, 9.17) is 12.2 Å². The number of carbonyl (C=O) groups excluding carboxylic acids is 1. The first-order chi connectivity index (χ1) is 5.75. The van der Waals surface area contributed by atoms with E-state index in [-0.39, 0.29) is 5.91 Å². The zero-order valence-electron chi connectivity index (χ0n) is 6.56. The van der Waals surface area contributed by atoms with E-state index in [0.717, 1.165) is 0 Å². The fraction of sp³-hybridized carbons (Fsp3) is 0.286. The molecular weight excluding hydrogens is 192 g/mol. The van der Waals surface area contributed by atoms with E-state index < -0.39 is 0 Å². The van der Waals surface area contributed by atoms with Crippen LogP contribution in [0.5, 0.6) is 0 Å². The fourth-order valence-electron chi connectivity index (χ4n) is 0.650. The summed E-state index contributed by atoms with van der Waals surface area (Å²) in [5.74, 6) is 0.359. The van der Waals surface area contributed by atoms with Crippen molar-refractivity contribution in [3.63, 3.8) is 0 Å². The molecule has 0 saturated carbocycles. The largest absolute Gasteiger partial charge is 0.272 e. The summed E-state index contributed by atoms with van der Waals surface area (Å²) in [6, 6.07) is 0. The molecule has 1 saturated heterocycles. The highest BCUT2D eigenvalue weighted by molar-refractivity contribution is 8.23. The molecule has 0 bridgehead atoms. The van der Waals surface area contributed by atoms with Gasteiger partial charge in [0.15, 0.2) is 4.32 Å². The van der Waals surface area contributed by atoms with E-state index in [2.05, 4.69) is 5.10 Å². The zero-order valence-corrected chi connectivity index (χ0v) is 8.19. The van der Waals surface area contributed by atoms with Crippen molar-refractivity contribution < 1.29 is 4.79 Å². The van der Waals surface area contributed by atoms with Crippen LogP contribution in [-0.2, 0) is 4.79 Å². The molecule has 0 unspecified atom stereocenters. The molecule has 0 N–H and O–H groups in total. The summed E-state index contributed by atoms with van der Waals surface area (Å²) in [5, 5.41) is 5.13. The topological polar surface area (TPSA) is 32.7 Å². The molecule has 3 nitrogen and oxygen atoms in total. The van der Waals surface area contributed by atoms with Gasteiger partial charge in [0.2, 0.25) is 0 Å². The minimum Gasteiger partial charge on any atom is -0.272 e. The van der Waals surface area contributed by atoms with Gasteiger partial charge in [-0.1, -0.05) is 30.1 Å². The summed E-state index contributed by atoms with van der Waals surface area (Å²) in [4.78, 5) is 11.1. The first-order valence-electron chi connectivity index (χ1n) is 3.40. The molecule has 1 fully saturated rings. The van der Waals surface area contributed by atoms with Crippen molar-refractivity contribution in [1.29, 1.82) is 0 Å². The first-order valence-corrected chi connectivity index (χ1v) is 4.80. The van der Waals surface area contributed by atoms with Crippen LogP contribution >= 0.6 is 24.0 Å². The van der Waals surface area contributed by atoms with E-state index in [0.29, 0.717) is 10.1 Å². The molecular formula is C7H8N2OS2. The number of amides is 1. The maximum absolute atomic E-state index is 11.1. The zero-order chi connectivity index (χ0) is 8.97. The number of rotatable bonds is 2. The average Bonchev–Trinajstić information content (AvgIpc) is 2.35. The fourth-order valence-corrected chi connectivity index (χ4v) is 1.62. The summed E-state index contributed by atoms with van der Waals surface area (Å²) < 4.78 is 0.528. The number of allylic oxidation sites excluding steroid dienone is 2. The van der Waals surface area contributed by atoms with Crippen LogP contribution in [0.25, 0.3) is 0 Å². The smallest absolute Gasteiger partial charge is 0.259 e. The lowest BCUT2D eigenvalue weighted by molar-refractivity contribution is -0.123. The Morgan fingerprint density at radius 2 is 2.50 bits per heavy atom. The Labute approximate surface area is 80.5 Å². The lowest BCUT2D eigenvalue weighted by atomic mass is 10.6. The van der Waals surface area contributed by atoms with Gasteiger partial charge in [-0.05, 0) is 13.0 Å². The molecule has 1 aliphatic rings. The van der Waals surface area contributed by atoms with Crippen LogP contribution in [-0.4, -0.2) is 27.2 Å². The highest BCUT2D eigenvalue weighted by Gasteiger charge is 2.25. The molecule has 1 aliphatic heterocycles. The summed E-state index contributed by atoms with van der Waals surface area (Å²) in [6.07, 6.45) is 5.13. The summed E-state index contributed by atoms with van der Waals surface area (Å²) in [7, 11) is 0. The van der Waals surface area contributed by atoms with Gasteiger partial charge in [0.05, 0.1) is 5.75 Å². The maximum Gasteiger partial charge on any atom is 0.259 e. The summed E-state index contributed by atoms with van der Waals surface area (Å²) in [6.45, 7) is 1.88. The standard InChI is InChI=1S/C7H8N2OS2/c1-2-3-4-8-9-6(10)5-12-7(9)11/h2-4H,5H2,1H3/b3-2+,8-4+. The summed E-state index contributed by atoms with van der Waals surface area (Å²) >= 11 is 6.24. The van der Waals surface area contributed by atoms with E-state index >= 15 is 0 Å². The van der Waals surface area contributed by atoms with Gasteiger partial charge in [0.1, 0.15) is 0 Å². The molecule has 5 heteroatoms. The average molecular weight is 200 g/mol. The monoisotopic (exact) mass is 200 g/mol. The Hall–Kier alpha value is -0.680. The first kappa shape index (κ1) is 9.41. The molecule has 0 aromatic carbocycles. The number of thiocarbonyl (C=S) groups is 1. The third kappa shape index (κ3) is 2.15. The molecule has 1 heterocycles. The SMILES string of the molecule is C/C=C/C=N/N1C(=O)CSC1=S. The second kappa shape index (κ2) is 4.37. The lowest BCUT2D eigenvalue weighted by Gasteiger charge is -2.04. The van der Waals surface area contributed by atoms with E-state index in [1.807, 2.05) is 13.0 Å². The molecule has 0 aromatic heterocycles. The second-order valence-electron chi connectivity index (χ2n) is 2.05. The van der Waals surface area contributed by atoms with Gasteiger partial charge in [0, 0.05) is 6.21 Å². The summed E-state index contributed by atoms with van der Waals surface area (Å²) in [5.41, 5.74) is 0. The molecule has 1 rings (SSSR count). The van der Waals surface area contributed by atoms with Crippen molar-refractivity contribution in [2.75, 3.05) is 5.75 Å². The van der Waals surface area contributed by atoms with Gasteiger partial charge in [-0.25, -0.2) is 0 Å². The molecule has 0 atom stereocenters. The van der Waals surface area contributed by atoms with Gasteiger partial charge in [-0.15, -0.1) is 0 Å². The minimum atomic E-state index is -0.0502. The van der Waals surface area contributed by atoms with E-state index in [9.17, 15) is 4.79 Å². The number of hydrazone groups is 1. The number of nitrogens with zero attached hydrogens (tertiary/aromatic N) is 2. The second-order valence-corrected chi connectivity index (χ2v) is 3.66. The molecule has 0 aromatic rings. The van der Waals surface area contributed by atoms with Crippen molar-refractivity contribution >= 4 is 40.4 Å². The third-order valence-electron chi connectivity index (χ3n) is 1.19. The van der Waals surface area contributed by atoms with Crippen molar-refractivity contribution in [1.82, 2.24) is 5.01 Å². The lowest BCUT2D eigenvalue weighted by Crippen LogP contribution is -2.22. The number of hydrogen-bond donors (Lipinski definition) is 0. The molecule has 0 radical (unpaired) electrons. The van der Waals surface area contributed by atoms with Crippen LogP contribution in [0.1, 0.15) is 6.92 Å². The Kier molecular flexibility index (Phi) is 3.43. The van der Waals surface area contributed by atoms with E-state index in [1.54, 1.807) is 12.3 Å². The Morgan fingerprint density at radius 3 is 3.00 bits per heavy atom. The predicted octanol–water partition coefficient (Wildman–Crippen LogP) is 1.41. The molecule has 1 amide bonds. The van der Waals surface area contributed by atoms with Gasteiger partial charge in [-0.3, -0.25) is 4.79 Å². The van der Waals surface area contributed by atoms with E-state index in [1.165, 1.54) is 16.8 Å². The number of hydrogen-bond acceptors (Lipinski definition) is 4. The Bertz CT molecular complexity index is 244. The molecule has 64 valence electrons. The number of thioether (sulfide) groups is 1. The van der Waals surface area contributed by atoms with Crippen molar-refractivity contribution in [3.8, 4) is 0 Å². The van der Waals surface area contributed by atoms with Crippen LogP contribution in [0.4, 0.5) is 0 Å². The van der Waals surface area contributed by atoms with Gasteiger partial charge < -0.3 is 0 Å². The Balaban J connectivity index is 2.61. The van der Waals surface area contributed by atoms with Crippen LogP contribution in [0.2, 0.25) is 0 Å². The Morgan fingerprint density at radius 1 is 1.75 bits per heavy atom. The van der Waals surface area contributed by atoms with Crippen molar-refractivity contribution in [3.05, 3.63) is 12.2 Å². The maximum atomic E-state index is 11.1. The number of carbonyl (C=O) groups is 1. The normalized spacial score (nSPS) is 18.9. The van der Waals surface area contributed by atoms with Gasteiger partial charge >= 0.3 is 0 Å². The third-order valence-corrected chi connectivity index (χ3v) is 2.53. The highest BCUT2D eigenvalue weighted by Crippen LogP contribution is 2.18. The quantitative estimate of drug-likeness (QED) is 0.499. The highest BCUT2D eigenvalue weighted by atomic mass is 32.2.